The van der Waals surface area contributed by atoms with Crippen LogP contribution in [0.25, 0.3) is 6.08 Å². The molecule has 1 aliphatic heterocycles. The molecule has 1 saturated heterocycles. The van der Waals surface area contributed by atoms with Gasteiger partial charge in [0.25, 0.3) is 0 Å². The molecule has 0 saturated carbocycles. The van der Waals surface area contributed by atoms with Gasteiger partial charge in [0, 0.05) is 30.3 Å². The maximum atomic E-state index is 6.05. The van der Waals surface area contributed by atoms with Crippen molar-refractivity contribution in [1.29, 1.82) is 0 Å². The molecule has 0 aromatic heterocycles. The molecule has 0 amide bonds. The van der Waals surface area contributed by atoms with Gasteiger partial charge in [0.05, 0.1) is 0 Å². The monoisotopic (exact) mass is 250 g/mol. The molecular weight excluding hydrogens is 232 g/mol. The van der Waals surface area contributed by atoms with Crippen molar-refractivity contribution in [2.45, 2.75) is 19.3 Å². The van der Waals surface area contributed by atoms with Crippen LogP contribution in [-0.2, 0) is 0 Å². The Kier molecular flexibility index (Phi) is 4.46. The third-order valence-corrected chi connectivity index (χ3v) is 3.35. The lowest BCUT2D eigenvalue weighted by Gasteiger charge is -2.30. The first-order valence-corrected chi connectivity index (χ1v) is 6.60. The predicted molar refractivity (Wildman–Crippen MR) is 75.6 cm³/mol. The summed E-state index contributed by atoms with van der Waals surface area (Å²) in [6, 6.07) is 6.09. The number of hydrogen-bond donors (Lipinski definition) is 1. The molecule has 0 bridgehead atoms. The first kappa shape index (κ1) is 12.5. The highest BCUT2D eigenvalue weighted by Crippen LogP contribution is 2.27. The average Bonchev–Trinajstić information content (AvgIpc) is 2.37. The van der Waals surface area contributed by atoms with Crippen LogP contribution in [0.15, 0.2) is 24.3 Å². The number of nitrogens with two attached hydrogens (primary N) is 1. The zero-order valence-electron chi connectivity index (χ0n) is 10.0. The maximum absolute atomic E-state index is 6.05. The van der Waals surface area contributed by atoms with E-state index in [0.29, 0.717) is 6.54 Å². The third-order valence-electron chi connectivity index (χ3n) is 3.12. The molecule has 1 fully saturated rings. The minimum absolute atomic E-state index is 0.561. The van der Waals surface area contributed by atoms with Crippen LogP contribution >= 0.6 is 11.6 Å². The number of piperidine rings is 1. The summed E-state index contributed by atoms with van der Waals surface area (Å²) in [7, 11) is 0. The molecule has 92 valence electrons. The quantitative estimate of drug-likeness (QED) is 0.892. The second kappa shape index (κ2) is 6.08. The van der Waals surface area contributed by atoms with Crippen molar-refractivity contribution in [1.82, 2.24) is 0 Å². The van der Waals surface area contributed by atoms with Crippen molar-refractivity contribution in [3.8, 4) is 0 Å². The van der Waals surface area contributed by atoms with Crippen LogP contribution in [0.1, 0.15) is 24.8 Å². The van der Waals surface area contributed by atoms with Crippen molar-refractivity contribution < 1.29 is 0 Å². The van der Waals surface area contributed by atoms with Crippen molar-refractivity contribution in [2.75, 3.05) is 24.5 Å². The number of benzene rings is 1. The number of nitrogens with zero attached hydrogens (tertiary/aromatic N) is 1. The molecule has 0 atom stereocenters. The lowest BCUT2D eigenvalue weighted by atomic mass is 10.1. The Morgan fingerprint density at radius 1 is 1.24 bits per heavy atom. The molecule has 1 aromatic carbocycles. The van der Waals surface area contributed by atoms with Crippen LogP contribution < -0.4 is 10.6 Å². The van der Waals surface area contributed by atoms with Crippen LogP contribution in [0, 0.1) is 0 Å². The summed E-state index contributed by atoms with van der Waals surface area (Å²) in [5, 5.41) is 0.780. The van der Waals surface area contributed by atoms with E-state index in [4.69, 9.17) is 17.3 Å². The molecule has 17 heavy (non-hydrogen) atoms. The molecule has 1 heterocycles. The SMILES string of the molecule is NC/C=C/c1cc(Cl)ccc1N1CCCCC1. The van der Waals surface area contributed by atoms with E-state index < -0.39 is 0 Å². The van der Waals surface area contributed by atoms with Gasteiger partial charge in [0.1, 0.15) is 0 Å². The van der Waals surface area contributed by atoms with Crippen molar-refractivity contribution in [2.24, 2.45) is 5.73 Å². The van der Waals surface area contributed by atoms with Gasteiger partial charge in [-0.3, -0.25) is 0 Å². The third kappa shape index (κ3) is 3.24. The summed E-state index contributed by atoms with van der Waals surface area (Å²) in [5.74, 6) is 0. The average molecular weight is 251 g/mol. The van der Waals surface area contributed by atoms with Gasteiger partial charge in [-0.15, -0.1) is 0 Å². The maximum Gasteiger partial charge on any atom is 0.0440 e. The highest BCUT2D eigenvalue weighted by atomic mass is 35.5. The molecule has 2 nitrogen and oxygen atoms in total. The highest BCUT2D eigenvalue weighted by molar-refractivity contribution is 6.30. The first-order valence-electron chi connectivity index (χ1n) is 6.22. The summed E-state index contributed by atoms with van der Waals surface area (Å²) in [5.41, 5.74) is 7.96. The minimum atomic E-state index is 0.561. The topological polar surface area (TPSA) is 29.3 Å². The molecule has 1 aromatic rings. The number of hydrogen-bond acceptors (Lipinski definition) is 2. The number of anilines is 1. The largest absolute Gasteiger partial charge is 0.371 e. The second-order valence-electron chi connectivity index (χ2n) is 4.39. The summed E-state index contributed by atoms with van der Waals surface area (Å²) < 4.78 is 0. The number of rotatable bonds is 3. The molecule has 0 aliphatic carbocycles. The van der Waals surface area contributed by atoms with Crippen molar-refractivity contribution >= 4 is 23.4 Å². The van der Waals surface area contributed by atoms with E-state index in [2.05, 4.69) is 17.0 Å². The van der Waals surface area contributed by atoms with E-state index >= 15 is 0 Å². The van der Waals surface area contributed by atoms with E-state index in [1.165, 1.54) is 30.5 Å². The Morgan fingerprint density at radius 2 is 2.00 bits per heavy atom. The second-order valence-corrected chi connectivity index (χ2v) is 4.83. The van der Waals surface area contributed by atoms with Gasteiger partial charge in [0.2, 0.25) is 0 Å². The van der Waals surface area contributed by atoms with Gasteiger partial charge in [-0.2, -0.15) is 0 Å². The van der Waals surface area contributed by atoms with Gasteiger partial charge >= 0.3 is 0 Å². The van der Waals surface area contributed by atoms with E-state index in [1.807, 2.05) is 18.2 Å². The Bertz CT molecular complexity index is 395. The molecule has 2 rings (SSSR count). The van der Waals surface area contributed by atoms with E-state index in [1.54, 1.807) is 0 Å². The van der Waals surface area contributed by atoms with Gasteiger partial charge in [0.15, 0.2) is 0 Å². The zero-order valence-corrected chi connectivity index (χ0v) is 10.8. The van der Waals surface area contributed by atoms with Gasteiger partial charge < -0.3 is 10.6 Å². The Labute approximate surface area is 108 Å². The fourth-order valence-corrected chi connectivity index (χ4v) is 2.46. The van der Waals surface area contributed by atoms with Gasteiger partial charge in [-0.25, -0.2) is 0 Å². The summed E-state index contributed by atoms with van der Waals surface area (Å²) in [6.07, 6.45) is 7.94. The molecule has 2 N–H and O–H groups in total. The van der Waals surface area contributed by atoms with Crippen molar-refractivity contribution in [3.63, 3.8) is 0 Å². The van der Waals surface area contributed by atoms with E-state index in [9.17, 15) is 0 Å². The normalized spacial score (nSPS) is 16.7. The van der Waals surface area contributed by atoms with Crippen LogP contribution in [-0.4, -0.2) is 19.6 Å². The fraction of sp³-hybridized carbons (Fsp3) is 0.429. The van der Waals surface area contributed by atoms with Crippen LogP contribution in [0.3, 0.4) is 0 Å². The highest BCUT2D eigenvalue weighted by Gasteiger charge is 2.13. The van der Waals surface area contributed by atoms with Gasteiger partial charge in [-0.05, 0) is 43.0 Å². The Balaban J connectivity index is 2.27. The molecule has 1 aliphatic rings. The predicted octanol–water partition coefficient (Wildman–Crippen LogP) is 3.30. The van der Waals surface area contributed by atoms with Crippen LogP contribution in [0.4, 0.5) is 5.69 Å². The summed E-state index contributed by atoms with van der Waals surface area (Å²) >= 11 is 6.05. The lowest BCUT2D eigenvalue weighted by Crippen LogP contribution is -2.29. The zero-order chi connectivity index (χ0) is 12.1. The van der Waals surface area contributed by atoms with Crippen LogP contribution in [0.5, 0.6) is 0 Å². The molecule has 0 unspecified atom stereocenters. The molecule has 0 radical (unpaired) electrons. The lowest BCUT2D eigenvalue weighted by molar-refractivity contribution is 0.577. The molecule has 3 heteroatoms. The van der Waals surface area contributed by atoms with E-state index in [-0.39, 0.29) is 0 Å². The van der Waals surface area contributed by atoms with Gasteiger partial charge in [-0.1, -0.05) is 23.8 Å². The first-order chi connectivity index (χ1) is 8.31. The smallest absolute Gasteiger partial charge is 0.0440 e. The van der Waals surface area contributed by atoms with Crippen molar-refractivity contribution in [3.05, 3.63) is 34.9 Å². The van der Waals surface area contributed by atoms with Crippen LogP contribution in [0.2, 0.25) is 5.02 Å². The minimum Gasteiger partial charge on any atom is -0.371 e. The van der Waals surface area contributed by atoms with E-state index in [0.717, 1.165) is 18.1 Å². The Morgan fingerprint density at radius 3 is 2.71 bits per heavy atom. The standard InChI is InChI=1S/C14H19ClN2/c15-13-6-7-14(12(11-13)5-4-8-16)17-9-2-1-3-10-17/h4-7,11H,1-3,8-10,16H2/b5-4+. The summed E-state index contributed by atoms with van der Waals surface area (Å²) in [4.78, 5) is 2.44. The molecule has 0 spiro atoms. The Hall–Kier alpha value is -0.990. The fourth-order valence-electron chi connectivity index (χ4n) is 2.28. The molecular formula is C14H19ClN2. The number of halogens is 1. The summed E-state index contributed by atoms with van der Waals surface area (Å²) in [6.45, 7) is 2.85.